The van der Waals surface area contributed by atoms with Gasteiger partial charge in [0.05, 0.1) is 11.2 Å². The fraction of sp³-hybridized carbons (Fsp3) is 0.700. The molecule has 0 bridgehead atoms. The number of rotatable bonds is 5. The fourth-order valence-electron chi connectivity index (χ4n) is 1.37. The van der Waals surface area contributed by atoms with E-state index in [2.05, 4.69) is 4.98 Å². The number of hydrogen-bond acceptors (Lipinski definition) is 5. The van der Waals surface area contributed by atoms with Crippen LogP contribution in [-0.4, -0.2) is 37.8 Å². The summed E-state index contributed by atoms with van der Waals surface area (Å²) < 4.78 is 26.0. The van der Waals surface area contributed by atoms with Gasteiger partial charge in [-0.05, 0) is 18.9 Å². The molecule has 1 heterocycles. The van der Waals surface area contributed by atoms with Gasteiger partial charge in [0.2, 0.25) is 0 Å². The van der Waals surface area contributed by atoms with Crippen molar-refractivity contribution >= 4 is 33.8 Å². The van der Waals surface area contributed by atoms with Gasteiger partial charge in [0.1, 0.15) is 0 Å². The first-order chi connectivity index (χ1) is 7.69. The smallest absolute Gasteiger partial charge is 0.253 e. The van der Waals surface area contributed by atoms with Crippen LogP contribution in [-0.2, 0) is 10.0 Å². The Kier molecular flexibility index (Phi) is 6.22. The largest absolute Gasteiger partial charge is 0.330 e. The van der Waals surface area contributed by atoms with Crippen molar-refractivity contribution in [2.75, 3.05) is 20.1 Å². The van der Waals surface area contributed by atoms with Gasteiger partial charge in [-0.3, -0.25) is 0 Å². The lowest BCUT2D eigenvalue weighted by Gasteiger charge is -2.27. The lowest BCUT2D eigenvalue weighted by atomic mass is 9.94. The molecule has 0 aliphatic rings. The van der Waals surface area contributed by atoms with Gasteiger partial charge in [0, 0.05) is 13.6 Å². The maximum absolute atomic E-state index is 12.2. The van der Waals surface area contributed by atoms with E-state index in [0.717, 1.165) is 5.01 Å². The van der Waals surface area contributed by atoms with Crippen LogP contribution < -0.4 is 5.73 Å². The molecule has 0 unspecified atom stereocenters. The third-order valence-electron chi connectivity index (χ3n) is 2.47. The number of aryl methyl sites for hydroxylation is 1. The molecule has 1 aromatic rings. The van der Waals surface area contributed by atoms with E-state index in [1.807, 2.05) is 13.8 Å². The van der Waals surface area contributed by atoms with Crippen LogP contribution in [0.2, 0.25) is 0 Å². The maximum atomic E-state index is 12.2. The van der Waals surface area contributed by atoms with Crippen LogP contribution in [0.3, 0.4) is 0 Å². The summed E-state index contributed by atoms with van der Waals surface area (Å²) in [5.41, 5.74) is 5.37. The first-order valence-corrected chi connectivity index (χ1v) is 7.53. The summed E-state index contributed by atoms with van der Waals surface area (Å²) in [5, 5.41) is 0.745. The molecule has 0 saturated carbocycles. The lowest BCUT2D eigenvalue weighted by molar-refractivity contribution is 0.292. The quantitative estimate of drug-likeness (QED) is 0.893. The molecule has 8 heteroatoms. The van der Waals surface area contributed by atoms with E-state index < -0.39 is 10.0 Å². The summed E-state index contributed by atoms with van der Waals surface area (Å²) in [4.78, 5) is 3.97. The number of sulfonamides is 1. The molecule has 1 rings (SSSR count). The molecule has 0 spiro atoms. The summed E-state index contributed by atoms with van der Waals surface area (Å²) in [5.74, 6) is 0. The van der Waals surface area contributed by atoms with E-state index in [1.165, 1.54) is 21.8 Å². The SMILES string of the molecule is Cc1ncc(S(=O)(=O)N(C)CC(C)(C)CN)s1.Cl. The zero-order valence-electron chi connectivity index (χ0n) is 11.0. The maximum Gasteiger partial charge on any atom is 0.253 e. The Bertz CT molecular complexity index is 485. The van der Waals surface area contributed by atoms with Gasteiger partial charge < -0.3 is 5.73 Å². The van der Waals surface area contributed by atoms with Gasteiger partial charge in [-0.2, -0.15) is 4.31 Å². The number of hydrogen-bond donors (Lipinski definition) is 1. The molecule has 0 aliphatic carbocycles. The minimum atomic E-state index is -3.43. The number of nitrogens with zero attached hydrogens (tertiary/aromatic N) is 2. The van der Waals surface area contributed by atoms with Gasteiger partial charge in [-0.15, -0.1) is 23.7 Å². The van der Waals surface area contributed by atoms with Gasteiger partial charge >= 0.3 is 0 Å². The summed E-state index contributed by atoms with van der Waals surface area (Å²) in [6, 6.07) is 0. The summed E-state index contributed by atoms with van der Waals surface area (Å²) in [7, 11) is -1.86. The molecule has 1 aromatic heterocycles. The van der Waals surface area contributed by atoms with Crippen molar-refractivity contribution in [2.24, 2.45) is 11.1 Å². The van der Waals surface area contributed by atoms with E-state index in [1.54, 1.807) is 14.0 Å². The molecule has 0 aliphatic heterocycles. The van der Waals surface area contributed by atoms with Crippen molar-refractivity contribution in [3.8, 4) is 0 Å². The van der Waals surface area contributed by atoms with Crippen molar-refractivity contribution in [1.82, 2.24) is 9.29 Å². The van der Waals surface area contributed by atoms with Crippen molar-refractivity contribution < 1.29 is 8.42 Å². The van der Waals surface area contributed by atoms with Gasteiger partial charge in [-0.1, -0.05) is 13.8 Å². The number of aromatic nitrogens is 1. The average molecular weight is 314 g/mol. The molecular formula is C10H20ClN3O2S2. The first-order valence-electron chi connectivity index (χ1n) is 5.28. The molecule has 0 saturated heterocycles. The molecule has 5 nitrogen and oxygen atoms in total. The number of thiazole rings is 1. The van der Waals surface area contributed by atoms with Gasteiger partial charge in [0.25, 0.3) is 10.0 Å². The third kappa shape index (κ3) is 4.17. The predicted molar refractivity (Wildman–Crippen MR) is 76.8 cm³/mol. The van der Waals surface area contributed by atoms with Crippen LogP contribution in [0.5, 0.6) is 0 Å². The van der Waals surface area contributed by atoms with Crippen LogP contribution >= 0.6 is 23.7 Å². The van der Waals surface area contributed by atoms with E-state index in [4.69, 9.17) is 5.73 Å². The monoisotopic (exact) mass is 313 g/mol. The minimum absolute atomic E-state index is 0. The van der Waals surface area contributed by atoms with Gasteiger partial charge in [0.15, 0.2) is 4.21 Å². The Hall–Kier alpha value is -0.210. The highest BCUT2D eigenvalue weighted by Gasteiger charge is 2.28. The van der Waals surface area contributed by atoms with Crippen LogP contribution in [0, 0.1) is 12.3 Å². The Labute approximate surface area is 119 Å². The molecule has 106 valence electrons. The zero-order chi connectivity index (χ0) is 13.3. The molecule has 0 radical (unpaired) electrons. The topological polar surface area (TPSA) is 76.3 Å². The molecule has 18 heavy (non-hydrogen) atoms. The number of nitrogens with two attached hydrogens (primary N) is 1. The van der Waals surface area contributed by atoms with Crippen LogP contribution in [0.1, 0.15) is 18.9 Å². The van der Waals surface area contributed by atoms with Crippen molar-refractivity contribution in [1.29, 1.82) is 0 Å². The Morgan fingerprint density at radius 3 is 2.44 bits per heavy atom. The standard InChI is InChI=1S/C10H19N3O2S2.ClH/c1-8-12-5-9(16-8)17(14,15)13(4)7-10(2,3)6-11;/h5H,6-7,11H2,1-4H3;1H. The normalized spacial score (nSPS) is 12.6. The fourth-order valence-corrected chi connectivity index (χ4v) is 4.05. The lowest BCUT2D eigenvalue weighted by Crippen LogP contribution is -2.39. The summed E-state index contributed by atoms with van der Waals surface area (Å²) >= 11 is 1.18. The van der Waals surface area contributed by atoms with Crippen molar-refractivity contribution in [2.45, 2.75) is 25.0 Å². The molecule has 2 N–H and O–H groups in total. The molecular weight excluding hydrogens is 294 g/mol. The summed E-state index contributed by atoms with van der Waals surface area (Å²) in [6.07, 6.45) is 1.40. The second-order valence-electron chi connectivity index (χ2n) is 4.83. The van der Waals surface area contributed by atoms with Gasteiger partial charge in [-0.25, -0.2) is 13.4 Å². The van der Waals surface area contributed by atoms with E-state index in [-0.39, 0.29) is 22.0 Å². The molecule has 0 amide bonds. The Balaban J connectivity index is 0.00000289. The highest BCUT2D eigenvalue weighted by molar-refractivity contribution is 7.91. The highest BCUT2D eigenvalue weighted by atomic mass is 35.5. The van der Waals surface area contributed by atoms with E-state index in [0.29, 0.717) is 13.1 Å². The second kappa shape index (κ2) is 6.29. The Morgan fingerprint density at radius 1 is 1.50 bits per heavy atom. The molecule has 0 atom stereocenters. The van der Waals surface area contributed by atoms with E-state index in [9.17, 15) is 8.42 Å². The summed E-state index contributed by atoms with van der Waals surface area (Å²) in [6.45, 7) is 6.50. The predicted octanol–water partition coefficient (Wildman–Crippen LogP) is 1.48. The van der Waals surface area contributed by atoms with Crippen LogP contribution in [0.15, 0.2) is 10.4 Å². The highest BCUT2D eigenvalue weighted by Crippen LogP contribution is 2.24. The first kappa shape index (κ1) is 17.8. The third-order valence-corrected chi connectivity index (χ3v) is 5.62. The van der Waals surface area contributed by atoms with Crippen molar-refractivity contribution in [3.05, 3.63) is 11.2 Å². The Morgan fingerprint density at radius 2 is 2.06 bits per heavy atom. The minimum Gasteiger partial charge on any atom is -0.330 e. The number of halogens is 1. The van der Waals surface area contributed by atoms with Crippen LogP contribution in [0.4, 0.5) is 0 Å². The van der Waals surface area contributed by atoms with Crippen LogP contribution in [0.25, 0.3) is 0 Å². The molecule has 0 fully saturated rings. The van der Waals surface area contributed by atoms with Crippen molar-refractivity contribution in [3.63, 3.8) is 0 Å². The second-order valence-corrected chi connectivity index (χ2v) is 8.33. The molecule has 0 aromatic carbocycles. The average Bonchev–Trinajstić information content (AvgIpc) is 2.64. The van der Waals surface area contributed by atoms with E-state index >= 15 is 0 Å². The zero-order valence-corrected chi connectivity index (χ0v) is 13.5.